The van der Waals surface area contributed by atoms with Crippen LogP contribution in [-0.4, -0.2) is 61.2 Å². The molecule has 0 amide bonds. The van der Waals surface area contributed by atoms with Gasteiger partial charge in [0.1, 0.15) is 0 Å². The first-order valence-corrected chi connectivity index (χ1v) is 12.0. The molecule has 0 aromatic heterocycles. The maximum Gasteiger partial charge on any atom is 0.397 e. The van der Waals surface area contributed by atoms with E-state index in [1.54, 1.807) is 0 Å². The van der Waals surface area contributed by atoms with Crippen molar-refractivity contribution in [3.63, 3.8) is 0 Å². The van der Waals surface area contributed by atoms with Gasteiger partial charge < -0.3 is 4.74 Å². The fourth-order valence-corrected chi connectivity index (χ4v) is 3.68. The minimum absolute atomic E-state index is 0. The van der Waals surface area contributed by atoms with Crippen LogP contribution in [0.15, 0.2) is 0 Å². The summed E-state index contributed by atoms with van der Waals surface area (Å²) in [5.41, 5.74) is 0. The third-order valence-electron chi connectivity index (χ3n) is 4.61. The van der Waals surface area contributed by atoms with Crippen LogP contribution in [0.5, 0.6) is 0 Å². The van der Waals surface area contributed by atoms with E-state index in [0.717, 1.165) is 57.8 Å². The van der Waals surface area contributed by atoms with Gasteiger partial charge in [0.15, 0.2) is 0 Å². The van der Waals surface area contributed by atoms with E-state index in [-0.39, 0.29) is 35.5 Å². The summed E-state index contributed by atoms with van der Waals surface area (Å²) >= 11 is 0. The zero-order chi connectivity index (χ0) is 20.4. The van der Waals surface area contributed by atoms with Crippen LogP contribution in [0.2, 0.25) is 0 Å². The van der Waals surface area contributed by atoms with Crippen molar-refractivity contribution in [3.8, 4) is 0 Å². The molecule has 0 fully saturated rings. The summed E-state index contributed by atoms with van der Waals surface area (Å²) in [6, 6.07) is 0. The number of unbranched alkanes of at least 4 members (excludes halogenated alkanes) is 11. The molecule has 0 aromatic rings. The van der Waals surface area contributed by atoms with Crippen molar-refractivity contribution in [3.05, 3.63) is 0 Å². The molecule has 1 radical (unpaired) electrons. The van der Waals surface area contributed by atoms with Crippen molar-refractivity contribution >= 4 is 45.9 Å². The summed E-state index contributed by atoms with van der Waals surface area (Å²) in [6.45, 7) is 4.10. The minimum Gasteiger partial charge on any atom is -0.466 e. The molecular weight excluding hydrogens is 391 g/mol. The number of rotatable bonds is 19. The SMILES string of the molecule is CCCCCCCCC(CCCCCCCCCOC(C)=O)OS(=O)(=O)O.[Na]. The van der Waals surface area contributed by atoms with Gasteiger partial charge in [-0.05, 0) is 19.3 Å². The van der Waals surface area contributed by atoms with Gasteiger partial charge in [0.05, 0.1) is 12.7 Å². The summed E-state index contributed by atoms with van der Waals surface area (Å²) in [5.74, 6) is -0.224. The summed E-state index contributed by atoms with van der Waals surface area (Å²) in [7, 11) is -4.38. The van der Waals surface area contributed by atoms with E-state index in [2.05, 4.69) is 6.92 Å². The standard InChI is InChI=1S/C20H40O6S.Na/c1-3-4-5-6-10-13-16-20(26-27(22,23)24)17-14-11-8-7-9-12-15-18-25-19(2)21;/h20H,3-18H2,1-2H3,(H,22,23,24);. The Morgan fingerprint density at radius 2 is 1.25 bits per heavy atom. The third kappa shape index (κ3) is 24.4. The molecular formula is C20H40NaO6S. The number of carbonyl (C=O) groups excluding carboxylic acids is 1. The van der Waals surface area contributed by atoms with Crippen LogP contribution in [0.3, 0.4) is 0 Å². The van der Waals surface area contributed by atoms with E-state index in [9.17, 15) is 13.2 Å². The monoisotopic (exact) mass is 431 g/mol. The fourth-order valence-electron chi connectivity index (χ4n) is 3.14. The van der Waals surface area contributed by atoms with Crippen LogP contribution in [0.1, 0.15) is 110 Å². The average Bonchev–Trinajstić information content (AvgIpc) is 2.57. The molecule has 0 heterocycles. The quantitative estimate of drug-likeness (QED) is 0.130. The zero-order valence-electron chi connectivity index (χ0n) is 18.3. The molecule has 0 bridgehead atoms. The largest absolute Gasteiger partial charge is 0.466 e. The van der Waals surface area contributed by atoms with Crippen molar-refractivity contribution in [2.45, 2.75) is 116 Å². The first-order valence-electron chi connectivity index (χ1n) is 10.6. The van der Waals surface area contributed by atoms with Crippen LogP contribution in [0, 0.1) is 0 Å². The molecule has 1 unspecified atom stereocenters. The predicted molar refractivity (Wildman–Crippen MR) is 114 cm³/mol. The Kier molecular flexibility index (Phi) is 22.5. The van der Waals surface area contributed by atoms with Gasteiger partial charge in [0.25, 0.3) is 0 Å². The summed E-state index contributed by atoms with van der Waals surface area (Å²) in [5, 5.41) is 0. The Balaban J connectivity index is 0. The normalized spacial score (nSPS) is 12.4. The molecule has 6 nitrogen and oxygen atoms in total. The molecule has 0 rings (SSSR count). The van der Waals surface area contributed by atoms with Crippen molar-refractivity contribution in [2.75, 3.05) is 6.61 Å². The van der Waals surface area contributed by atoms with Crippen LogP contribution < -0.4 is 0 Å². The predicted octanol–water partition coefficient (Wildman–Crippen LogP) is 5.23. The molecule has 0 aliphatic carbocycles. The number of ether oxygens (including phenoxy) is 1. The number of carbonyl (C=O) groups is 1. The Labute approximate surface area is 194 Å². The third-order valence-corrected chi connectivity index (χ3v) is 5.13. The molecule has 0 spiro atoms. The maximum absolute atomic E-state index is 11.0. The smallest absolute Gasteiger partial charge is 0.397 e. The second-order valence-corrected chi connectivity index (χ2v) is 8.35. The molecule has 0 aliphatic heterocycles. The fraction of sp³-hybridized carbons (Fsp3) is 0.950. The van der Waals surface area contributed by atoms with Crippen molar-refractivity contribution in [2.24, 2.45) is 0 Å². The van der Waals surface area contributed by atoms with Crippen LogP contribution >= 0.6 is 0 Å². The zero-order valence-corrected chi connectivity index (χ0v) is 21.1. The Bertz CT molecular complexity index is 456. The molecule has 0 aromatic carbocycles. The molecule has 163 valence electrons. The molecule has 0 aliphatic rings. The first kappa shape index (κ1) is 30.5. The van der Waals surface area contributed by atoms with Crippen molar-refractivity contribution in [1.82, 2.24) is 0 Å². The second kappa shape index (κ2) is 20.6. The topological polar surface area (TPSA) is 89.9 Å². The van der Waals surface area contributed by atoms with E-state index >= 15 is 0 Å². The molecule has 1 atom stereocenters. The summed E-state index contributed by atoms with van der Waals surface area (Å²) < 4.78 is 40.7. The average molecular weight is 432 g/mol. The molecule has 0 saturated heterocycles. The summed E-state index contributed by atoms with van der Waals surface area (Å²) in [4.78, 5) is 10.6. The molecule has 0 saturated carbocycles. The Morgan fingerprint density at radius 3 is 1.68 bits per heavy atom. The van der Waals surface area contributed by atoms with Gasteiger partial charge >= 0.3 is 16.4 Å². The van der Waals surface area contributed by atoms with E-state index < -0.39 is 16.5 Å². The van der Waals surface area contributed by atoms with E-state index in [0.29, 0.717) is 19.4 Å². The molecule has 8 heteroatoms. The van der Waals surface area contributed by atoms with Gasteiger partial charge in [-0.15, -0.1) is 0 Å². The van der Waals surface area contributed by atoms with E-state index in [1.165, 1.54) is 32.6 Å². The minimum atomic E-state index is -4.38. The van der Waals surface area contributed by atoms with Crippen molar-refractivity contribution < 1.29 is 26.7 Å². The number of esters is 1. The maximum atomic E-state index is 11.0. The van der Waals surface area contributed by atoms with Crippen LogP contribution in [0.25, 0.3) is 0 Å². The van der Waals surface area contributed by atoms with Crippen molar-refractivity contribution in [1.29, 1.82) is 0 Å². The Morgan fingerprint density at radius 1 is 0.821 bits per heavy atom. The second-order valence-electron chi connectivity index (χ2n) is 7.31. The number of hydrogen-bond donors (Lipinski definition) is 1. The van der Waals surface area contributed by atoms with Gasteiger partial charge in [0, 0.05) is 36.5 Å². The van der Waals surface area contributed by atoms with Gasteiger partial charge in [-0.2, -0.15) is 8.42 Å². The van der Waals surface area contributed by atoms with E-state index in [1.807, 2.05) is 0 Å². The Hall–Kier alpha value is 0.340. The van der Waals surface area contributed by atoms with Crippen LogP contribution in [0.4, 0.5) is 0 Å². The number of hydrogen-bond acceptors (Lipinski definition) is 5. The summed E-state index contributed by atoms with van der Waals surface area (Å²) in [6.07, 6.45) is 15.1. The van der Waals surface area contributed by atoms with E-state index in [4.69, 9.17) is 13.5 Å². The first-order chi connectivity index (χ1) is 12.8. The van der Waals surface area contributed by atoms with Gasteiger partial charge in [-0.25, -0.2) is 4.18 Å². The molecule has 1 N–H and O–H groups in total. The van der Waals surface area contributed by atoms with Gasteiger partial charge in [-0.3, -0.25) is 9.35 Å². The van der Waals surface area contributed by atoms with Crippen LogP contribution in [-0.2, 0) is 24.1 Å². The van der Waals surface area contributed by atoms with Gasteiger partial charge in [0.2, 0.25) is 0 Å². The van der Waals surface area contributed by atoms with Gasteiger partial charge in [-0.1, -0.05) is 84.0 Å². The molecule has 28 heavy (non-hydrogen) atoms.